The predicted octanol–water partition coefficient (Wildman–Crippen LogP) is 3.63. The molecule has 5 heteroatoms. The zero-order chi connectivity index (χ0) is 11.1. The summed E-state index contributed by atoms with van der Waals surface area (Å²) in [5, 5.41) is 1.99. The molecule has 0 aliphatic rings. The molecule has 0 aliphatic carbocycles. The molecule has 2 aromatic heterocycles. The highest BCUT2D eigenvalue weighted by molar-refractivity contribution is 9.10. The fraction of sp³-hybridized carbons (Fsp3) is 0.400. The third-order valence-electron chi connectivity index (χ3n) is 1.68. The van der Waals surface area contributed by atoms with E-state index in [4.69, 9.17) is 4.74 Å². The molecule has 3 nitrogen and oxygen atoms in total. The maximum atomic E-state index is 5.77. The average molecular weight is 287 g/mol. The lowest BCUT2D eigenvalue weighted by atomic mass is 10.2. The number of hydrogen-bond acceptors (Lipinski definition) is 4. The van der Waals surface area contributed by atoms with Crippen LogP contribution in [0.5, 0.6) is 5.88 Å². The van der Waals surface area contributed by atoms with Crippen LogP contribution in [-0.4, -0.2) is 15.6 Å². The Hall–Kier alpha value is -0.680. The number of nitrogens with zero attached hydrogens (tertiary/aromatic N) is 2. The molecular formula is C10H11BrN2OS. The second-order valence-corrected chi connectivity index (χ2v) is 5.89. The summed E-state index contributed by atoms with van der Waals surface area (Å²) in [5.41, 5.74) is 0.673. The number of fused-ring (bicyclic) bond motifs is 1. The second kappa shape index (κ2) is 3.72. The Morgan fingerprint density at radius 3 is 2.73 bits per heavy atom. The highest BCUT2D eigenvalue weighted by atomic mass is 79.9. The summed E-state index contributed by atoms with van der Waals surface area (Å²) in [6.45, 7) is 6.01. The molecule has 15 heavy (non-hydrogen) atoms. The summed E-state index contributed by atoms with van der Waals surface area (Å²) < 4.78 is 7.74. The molecule has 0 aromatic carbocycles. The van der Waals surface area contributed by atoms with E-state index in [1.54, 1.807) is 11.3 Å². The highest BCUT2D eigenvalue weighted by Crippen LogP contribution is 2.34. The molecule has 0 atom stereocenters. The zero-order valence-corrected chi connectivity index (χ0v) is 11.1. The summed E-state index contributed by atoms with van der Waals surface area (Å²) in [6.07, 6.45) is 1.53. The maximum absolute atomic E-state index is 5.77. The van der Waals surface area contributed by atoms with Crippen LogP contribution in [0.2, 0.25) is 0 Å². The van der Waals surface area contributed by atoms with Crippen LogP contribution < -0.4 is 4.74 Å². The largest absolute Gasteiger partial charge is 0.471 e. The Balaban J connectivity index is 2.52. The van der Waals surface area contributed by atoms with Crippen LogP contribution in [0.4, 0.5) is 0 Å². The van der Waals surface area contributed by atoms with Gasteiger partial charge in [-0.3, -0.25) is 0 Å². The van der Waals surface area contributed by atoms with Crippen molar-refractivity contribution in [3.63, 3.8) is 0 Å². The second-order valence-electron chi connectivity index (χ2n) is 4.15. The molecular weight excluding hydrogens is 276 g/mol. The molecule has 0 saturated carbocycles. The van der Waals surface area contributed by atoms with Gasteiger partial charge in [0.05, 0.1) is 4.47 Å². The van der Waals surface area contributed by atoms with Crippen molar-refractivity contribution in [3.05, 3.63) is 16.2 Å². The van der Waals surface area contributed by atoms with Gasteiger partial charge >= 0.3 is 0 Å². The molecule has 2 aromatic rings. The van der Waals surface area contributed by atoms with Gasteiger partial charge in [0.15, 0.2) is 0 Å². The van der Waals surface area contributed by atoms with Crippen LogP contribution in [0.15, 0.2) is 16.2 Å². The number of ether oxygens (including phenoxy) is 1. The van der Waals surface area contributed by atoms with Crippen molar-refractivity contribution in [2.75, 3.05) is 0 Å². The Kier molecular flexibility index (Phi) is 2.68. The Labute approximate surface area is 101 Å². The lowest BCUT2D eigenvalue weighted by molar-refractivity contribution is 0.126. The molecule has 0 amide bonds. The molecule has 0 spiro atoms. The van der Waals surface area contributed by atoms with Gasteiger partial charge in [-0.25, -0.2) is 9.97 Å². The van der Waals surface area contributed by atoms with Gasteiger partial charge in [-0.1, -0.05) is 0 Å². The molecule has 0 unspecified atom stereocenters. The topological polar surface area (TPSA) is 35.0 Å². The van der Waals surface area contributed by atoms with E-state index in [0.29, 0.717) is 5.88 Å². The van der Waals surface area contributed by atoms with Crippen molar-refractivity contribution in [2.45, 2.75) is 26.4 Å². The normalized spacial score (nSPS) is 12.0. The number of thiophene rings is 1. The van der Waals surface area contributed by atoms with Crippen LogP contribution in [0.3, 0.4) is 0 Å². The first-order chi connectivity index (χ1) is 6.97. The third-order valence-corrected chi connectivity index (χ3v) is 3.55. The lowest BCUT2D eigenvalue weighted by Crippen LogP contribution is -2.23. The third kappa shape index (κ3) is 2.29. The number of hydrogen-bond donors (Lipinski definition) is 0. The summed E-state index contributed by atoms with van der Waals surface area (Å²) >= 11 is 5.03. The minimum Gasteiger partial charge on any atom is -0.471 e. The Bertz CT molecular complexity index is 490. The van der Waals surface area contributed by atoms with E-state index < -0.39 is 0 Å². The molecule has 0 fully saturated rings. The van der Waals surface area contributed by atoms with Crippen molar-refractivity contribution in [2.24, 2.45) is 0 Å². The van der Waals surface area contributed by atoms with Gasteiger partial charge in [-0.15, -0.1) is 11.3 Å². The van der Waals surface area contributed by atoms with E-state index in [1.807, 2.05) is 26.2 Å². The fourth-order valence-electron chi connectivity index (χ4n) is 1.16. The molecule has 0 bridgehead atoms. The highest BCUT2D eigenvalue weighted by Gasteiger charge is 2.17. The van der Waals surface area contributed by atoms with Crippen LogP contribution in [-0.2, 0) is 0 Å². The summed E-state index contributed by atoms with van der Waals surface area (Å²) in [7, 11) is 0. The molecule has 80 valence electrons. The monoisotopic (exact) mass is 286 g/mol. The minimum absolute atomic E-state index is 0.238. The maximum Gasteiger partial charge on any atom is 0.235 e. The first-order valence-corrected chi connectivity index (χ1v) is 6.21. The first kappa shape index (κ1) is 10.8. The number of aromatic nitrogens is 2. The van der Waals surface area contributed by atoms with Crippen molar-refractivity contribution < 1.29 is 4.74 Å². The quantitative estimate of drug-likeness (QED) is 0.803. The minimum atomic E-state index is -0.238. The van der Waals surface area contributed by atoms with Gasteiger partial charge in [0, 0.05) is 5.38 Å². The van der Waals surface area contributed by atoms with Crippen molar-refractivity contribution in [1.82, 2.24) is 9.97 Å². The fourth-order valence-corrected chi connectivity index (χ4v) is 2.68. The summed E-state index contributed by atoms with van der Waals surface area (Å²) in [4.78, 5) is 8.37. The van der Waals surface area contributed by atoms with Gasteiger partial charge in [0.1, 0.15) is 22.1 Å². The van der Waals surface area contributed by atoms with Crippen LogP contribution in [0, 0.1) is 0 Å². The van der Waals surface area contributed by atoms with Gasteiger partial charge in [-0.05, 0) is 36.7 Å². The molecule has 2 heterocycles. The van der Waals surface area contributed by atoms with Gasteiger partial charge in [-0.2, -0.15) is 0 Å². The van der Waals surface area contributed by atoms with Crippen molar-refractivity contribution >= 4 is 37.5 Å². The SMILES string of the molecule is CC(C)(C)Oc1ncnc2c(Br)csc12. The summed E-state index contributed by atoms with van der Waals surface area (Å²) in [5.74, 6) is 0.656. The standard InChI is InChI=1S/C10H11BrN2OS/c1-10(2,3)14-9-8-7(12-5-13-9)6(11)4-15-8/h4-5H,1-3H3. The molecule has 0 radical (unpaired) electrons. The molecule has 0 N–H and O–H groups in total. The zero-order valence-electron chi connectivity index (χ0n) is 8.74. The lowest BCUT2D eigenvalue weighted by Gasteiger charge is -2.20. The van der Waals surface area contributed by atoms with Crippen molar-refractivity contribution in [3.8, 4) is 5.88 Å². The van der Waals surface area contributed by atoms with Crippen molar-refractivity contribution in [1.29, 1.82) is 0 Å². The number of rotatable bonds is 1. The Morgan fingerprint density at radius 1 is 1.33 bits per heavy atom. The smallest absolute Gasteiger partial charge is 0.235 e. The predicted molar refractivity (Wildman–Crippen MR) is 65.5 cm³/mol. The molecule has 2 rings (SSSR count). The summed E-state index contributed by atoms with van der Waals surface area (Å²) in [6, 6.07) is 0. The average Bonchev–Trinajstić information content (AvgIpc) is 2.47. The van der Waals surface area contributed by atoms with E-state index in [-0.39, 0.29) is 5.60 Å². The van der Waals surface area contributed by atoms with E-state index >= 15 is 0 Å². The van der Waals surface area contributed by atoms with E-state index in [9.17, 15) is 0 Å². The number of halogens is 1. The van der Waals surface area contributed by atoms with Gasteiger partial charge in [0.2, 0.25) is 5.88 Å². The van der Waals surface area contributed by atoms with Crippen LogP contribution >= 0.6 is 27.3 Å². The van der Waals surface area contributed by atoms with E-state index in [2.05, 4.69) is 25.9 Å². The van der Waals surface area contributed by atoms with E-state index in [0.717, 1.165) is 14.7 Å². The van der Waals surface area contributed by atoms with E-state index in [1.165, 1.54) is 6.33 Å². The molecule has 0 aliphatic heterocycles. The van der Waals surface area contributed by atoms with Gasteiger partial charge in [0.25, 0.3) is 0 Å². The first-order valence-electron chi connectivity index (χ1n) is 4.54. The molecule has 0 saturated heterocycles. The van der Waals surface area contributed by atoms with Gasteiger partial charge < -0.3 is 4.74 Å². The van der Waals surface area contributed by atoms with Crippen LogP contribution in [0.1, 0.15) is 20.8 Å². The van der Waals surface area contributed by atoms with Crippen LogP contribution in [0.25, 0.3) is 10.2 Å². The Morgan fingerprint density at radius 2 is 2.07 bits per heavy atom.